The Bertz CT molecular complexity index is 670. The van der Waals surface area contributed by atoms with E-state index in [1.807, 2.05) is 67.6 Å². The number of nitrogens with zero attached hydrogens (tertiary/aromatic N) is 4. The molecule has 0 saturated carbocycles. The van der Waals surface area contributed by atoms with Gasteiger partial charge in [0.2, 0.25) is 0 Å². The number of benzene rings is 2. The highest BCUT2D eigenvalue weighted by molar-refractivity contribution is 6.01. The molecule has 5 nitrogen and oxygen atoms in total. The molecule has 0 atom stereocenters. The van der Waals surface area contributed by atoms with Gasteiger partial charge in [-0.2, -0.15) is 0 Å². The van der Waals surface area contributed by atoms with Crippen molar-refractivity contribution in [1.29, 1.82) is 0 Å². The molecule has 22 heavy (non-hydrogen) atoms. The number of hydrogen-bond donors (Lipinski definition) is 0. The van der Waals surface area contributed by atoms with Crippen molar-refractivity contribution < 1.29 is 4.79 Å². The number of amides is 2. The highest BCUT2D eigenvalue weighted by atomic mass is 16.2. The van der Waals surface area contributed by atoms with Crippen LogP contribution in [-0.4, -0.2) is 28.4 Å². The van der Waals surface area contributed by atoms with Gasteiger partial charge in [0.05, 0.1) is 6.54 Å². The molecular weight excluding hydrogens is 276 g/mol. The van der Waals surface area contributed by atoms with E-state index in [1.165, 1.54) is 10.0 Å². The van der Waals surface area contributed by atoms with Gasteiger partial charge in [0.25, 0.3) is 0 Å². The molecule has 0 saturated heterocycles. The van der Waals surface area contributed by atoms with Crippen molar-refractivity contribution in [2.24, 2.45) is 5.10 Å². The molecule has 1 radical (unpaired) electrons. The van der Waals surface area contributed by atoms with Gasteiger partial charge < -0.3 is 0 Å². The Hall–Kier alpha value is -2.82. The second kappa shape index (κ2) is 6.30. The molecule has 2 amide bonds. The predicted molar refractivity (Wildman–Crippen MR) is 84.9 cm³/mol. The quantitative estimate of drug-likeness (QED) is 0.855. The van der Waals surface area contributed by atoms with Gasteiger partial charge in [-0.15, -0.1) is 10.5 Å². The maximum atomic E-state index is 12.4. The average Bonchev–Trinajstić information content (AvgIpc) is 2.58. The van der Waals surface area contributed by atoms with Crippen LogP contribution < -0.4 is 5.43 Å². The molecule has 0 unspecified atom stereocenters. The summed E-state index contributed by atoms with van der Waals surface area (Å²) >= 11 is 0. The fourth-order valence-corrected chi connectivity index (χ4v) is 2.24. The molecule has 3 rings (SSSR count). The largest absolute Gasteiger partial charge is 0.361 e. The molecule has 1 aliphatic heterocycles. The van der Waals surface area contributed by atoms with Crippen LogP contribution in [0.15, 0.2) is 65.8 Å². The summed E-state index contributed by atoms with van der Waals surface area (Å²) in [4.78, 5) is 12.4. The third-order valence-electron chi connectivity index (χ3n) is 3.38. The lowest BCUT2D eigenvalue weighted by molar-refractivity contribution is 0.130. The van der Waals surface area contributed by atoms with Crippen molar-refractivity contribution >= 4 is 11.9 Å². The number of carbonyl (C=O) groups is 1. The summed E-state index contributed by atoms with van der Waals surface area (Å²) in [5.41, 5.74) is 6.35. The van der Waals surface area contributed by atoms with Gasteiger partial charge in [-0.05, 0) is 12.5 Å². The number of hydrogen-bond acceptors (Lipinski definition) is 2. The molecule has 2 aromatic rings. The maximum absolute atomic E-state index is 12.4. The molecule has 111 valence electrons. The Morgan fingerprint density at radius 2 is 1.55 bits per heavy atom. The zero-order chi connectivity index (χ0) is 15.4. The van der Waals surface area contributed by atoms with Crippen LogP contribution in [0.3, 0.4) is 0 Å². The second-order valence-electron chi connectivity index (χ2n) is 4.93. The molecule has 2 aromatic carbocycles. The number of urea groups is 1. The topological polar surface area (TPSA) is 50.0 Å². The first-order chi connectivity index (χ1) is 10.8. The van der Waals surface area contributed by atoms with E-state index in [4.69, 9.17) is 0 Å². The van der Waals surface area contributed by atoms with Gasteiger partial charge in [-0.25, -0.2) is 14.8 Å². The average molecular weight is 293 g/mol. The van der Waals surface area contributed by atoms with Crippen molar-refractivity contribution in [1.82, 2.24) is 15.4 Å². The summed E-state index contributed by atoms with van der Waals surface area (Å²) in [5.74, 6) is 0.554. The summed E-state index contributed by atoms with van der Waals surface area (Å²) in [6, 6.07) is 19.3. The Morgan fingerprint density at radius 1 is 0.909 bits per heavy atom. The summed E-state index contributed by atoms with van der Waals surface area (Å²) in [6.45, 7) is 2.84. The van der Waals surface area contributed by atoms with Crippen LogP contribution in [0.4, 0.5) is 4.79 Å². The minimum absolute atomic E-state index is 0.203. The molecule has 0 fully saturated rings. The Kier molecular flexibility index (Phi) is 4.05. The van der Waals surface area contributed by atoms with Crippen LogP contribution >= 0.6 is 0 Å². The van der Waals surface area contributed by atoms with Crippen molar-refractivity contribution in [3.8, 4) is 0 Å². The summed E-state index contributed by atoms with van der Waals surface area (Å²) in [6.07, 6.45) is 0. The molecule has 1 heterocycles. The Morgan fingerprint density at radius 3 is 2.18 bits per heavy atom. The lowest BCUT2D eigenvalue weighted by atomic mass is 10.2. The van der Waals surface area contributed by atoms with Crippen LogP contribution in [-0.2, 0) is 6.54 Å². The molecule has 5 heteroatoms. The molecule has 1 aliphatic rings. The van der Waals surface area contributed by atoms with E-state index in [9.17, 15) is 4.79 Å². The SMILES string of the molecule is CCN1N=C(c2ccccc2)[N]N(Cc2ccccc2)C1=O. The molecular formula is C17H17N4O. The Balaban J connectivity index is 1.86. The van der Waals surface area contributed by atoms with Crippen LogP contribution in [0.1, 0.15) is 18.1 Å². The monoisotopic (exact) mass is 293 g/mol. The number of hydrazone groups is 1. The highest BCUT2D eigenvalue weighted by Crippen LogP contribution is 2.13. The normalized spacial score (nSPS) is 14.6. The molecule has 0 spiro atoms. The van der Waals surface area contributed by atoms with Gasteiger partial charge in [0, 0.05) is 12.1 Å². The minimum Gasteiger partial charge on any atom is -0.244 e. The molecule has 0 bridgehead atoms. The number of rotatable bonds is 4. The molecule has 0 N–H and O–H groups in total. The summed E-state index contributed by atoms with van der Waals surface area (Å²) in [5, 5.41) is 7.24. The van der Waals surface area contributed by atoms with E-state index in [0.29, 0.717) is 18.9 Å². The third-order valence-corrected chi connectivity index (χ3v) is 3.38. The Labute approximate surface area is 129 Å². The second-order valence-corrected chi connectivity index (χ2v) is 4.93. The van der Waals surface area contributed by atoms with Crippen LogP contribution in [0.25, 0.3) is 0 Å². The van der Waals surface area contributed by atoms with Gasteiger partial charge in [-0.1, -0.05) is 60.7 Å². The van der Waals surface area contributed by atoms with E-state index in [0.717, 1.165) is 11.1 Å². The van der Waals surface area contributed by atoms with Gasteiger partial charge in [0.1, 0.15) is 0 Å². The standard InChI is InChI=1S/C17H17N4O/c1-2-20-17(22)21(13-14-9-5-3-6-10-14)19-16(18-20)15-11-7-4-8-12-15/h3-12H,2,13H2,1H3. The first-order valence-electron chi connectivity index (χ1n) is 7.26. The maximum Gasteiger partial charge on any atom is 0.361 e. The van der Waals surface area contributed by atoms with Crippen molar-refractivity contribution in [3.63, 3.8) is 0 Å². The molecule has 0 aliphatic carbocycles. The van der Waals surface area contributed by atoms with Gasteiger partial charge in [-0.3, -0.25) is 0 Å². The number of amidine groups is 1. The highest BCUT2D eigenvalue weighted by Gasteiger charge is 2.28. The van der Waals surface area contributed by atoms with Gasteiger partial charge in [0.15, 0.2) is 5.84 Å². The third kappa shape index (κ3) is 2.93. The minimum atomic E-state index is -0.203. The van der Waals surface area contributed by atoms with E-state index in [2.05, 4.69) is 10.5 Å². The molecule has 0 aromatic heterocycles. The van der Waals surface area contributed by atoms with E-state index in [-0.39, 0.29) is 6.03 Å². The van der Waals surface area contributed by atoms with E-state index in [1.54, 1.807) is 0 Å². The first-order valence-corrected chi connectivity index (χ1v) is 7.26. The first kappa shape index (κ1) is 14.1. The van der Waals surface area contributed by atoms with Gasteiger partial charge >= 0.3 is 6.03 Å². The predicted octanol–water partition coefficient (Wildman–Crippen LogP) is 2.83. The van der Waals surface area contributed by atoms with Crippen LogP contribution in [0, 0.1) is 0 Å². The van der Waals surface area contributed by atoms with Crippen LogP contribution in [0.2, 0.25) is 0 Å². The van der Waals surface area contributed by atoms with E-state index >= 15 is 0 Å². The van der Waals surface area contributed by atoms with Crippen molar-refractivity contribution in [2.75, 3.05) is 6.54 Å². The summed E-state index contributed by atoms with van der Waals surface area (Å²) in [7, 11) is 0. The fourth-order valence-electron chi connectivity index (χ4n) is 2.24. The summed E-state index contributed by atoms with van der Waals surface area (Å²) < 4.78 is 0. The van der Waals surface area contributed by atoms with E-state index < -0.39 is 0 Å². The lowest BCUT2D eigenvalue weighted by Crippen LogP contribution is -2.51. The smallest absolute Gasteiger partial charge is 0.244 e. The van der Waals surface area contributed by atoms with Crippen LogP contribution in [0.5, 0.6) is 0 Å². The van der Waals surface area contributed by atoms with Crippen molar-refractivity contribution in [3.05, 3.63) is 71.8 Å². The fraction of sp³-hybridized carbons (Fsp3) is 0.176. The zero-order valence-electron chi connectivity index (χ0n) is 12.4. The zero-order valence-corrected chi connectivity index (χ0v) is 12.4. The number of carbonyl (C=O) groups excluding carboxylic acids is 1. The lowest BCUT2D eigenvalue weighted by Gasteiger charge is -2.31. The van der Waals surface area contributed by atoms with Crippen molar-refractivity contribution in [2.45, 2.75) is 13.5 Å².